The van der Waals surface area contributed by atoms with Crippen molar-refractivity contribution in [3.8, 4) is 0 Å². The Bertz CT molecular complexity index is 262. The van der Waals surface area contributed by atoms with Crippen molar-refractivity contribution in [1.82, 2.24) is 10.9 Å². The Kier molecular flexibility index (Phi) is 5.76. The molecule has 6 heteroatoms. The molecule has 0 aromatic heterocycles. The van der Waals surface area contributed by atoms with Gasteiger partial charge in [-0.3, -0.25) is 10.2 Å². The number of nitrogens with one attached hydrogen (secondary N) is 2. The molecule has 0 unspecified atom stereocenters. The van der Waals surface area contributed by atoms with Crippen LogP contribution in [0.15, 0.2) is 0 Å². The average molecular weight is 244 g/mol. The van der Waals surface area contributed by atoms with Crippen molar-refractivity contribution in [1.29, 1.82) is 0 Å². The normalized spacial score (nSPS) is 23.9. The second kappa shape index (κ2) is 7.11. The molecule has 0 heterocycles. The van der Waals surface area contributed by atoms with E-state index in [0.29, 0.717) is 6.61 Å². The number of methoxy groups -OCH3 is 1. The molecule has 2 N–H and O–H groups in total. The highest BCUT2D eigenvalue weighted by Crippen LogP contribution is 2.25. The van der Waals surface area contributed by atoms with Gasteiger partial charge in [0.25, 0.3) is 0 Å². The van der Waals surface area contributed by atoms with Crippen LogP contribution >= 0.6 is 0 Å². The second-order valence-corrected chi connectivity index (χ2v) is 4.06. The Morgan fingerprint density at radius 2 is 1.88 bits per heavy atom. The monoisotopic (exact) mass is 244 g/mol. The zero-order valence-electron chi connectivity index (χ0n) is 10.3. The van der Waals surface area contributed by atoms with E-state index in [-0.39, 0.29) is 17.9 Å². The van der Waals surface area contributed by atoms with Crippen LogP contribution in [0.3, 0.4) is 0 Å². The smallest absolute Gasteiger partial charge is 0.421 e. The maximum Gasteiger partial charge on any atom is 0.421 e. The van der Waals surface area contributed by atoms with Crippen LogP contribution in [0.4, 0.5) is 4.79 Å². The Hall–Kier alpha value is -1.30. The molecule has 98 valence electrons. The topological polar surface area (TPSA) is 76.7 Å². The molecule has 1 aliphatic carbocycles. The summed E-state index contributed by atoms with van der Waals surface area (Å²) in [5, 5.41) is 0. The highest BCUT2D eigenvalue weighted by Gasteiger charge is 2.27. The average Bonchev–Trinajstić information content (AvgIpc) is 2.36. The summed E-state index contributed by atoms with van der Waals surface area (Å²) in [5.74, 6) is -0.0991. The largest absolute Gasteiger partial charge is 0.466 e. The Morgan fingerprint density at radius 1 is 1.24 bits per heavy atom. The lowest BCUT2D eigenvalue weighted by molar-refractivity contribution is -0.149. The van der Waals surface area contributed by atoms with E-state index in [1.165, 1.54) is 7.11 Å². The Labute approximate surface area is 101 Å². The molecule has 17 heavy (non-hydrogen) atoms. The van der Waals surface area contributed by atoms with Gasteiger partial charge in [-0.2, -0.15) is 0 Å². The van der Waals surface area contributed by atoms with Crippen molar-refractivity contribution in [3.05, 3.63) is 0 Å². The van der Waals surface area contributed by atoms with Gasteiger partial charge in [0.05, 0.1) is 19.6 Å². The van der Waals surface area contributed by atoms with Gasteiger partial charge in [0.1, 0.15) is 0 Å². The van der Waals surface area contributed by atoms with Crippen molar-refractivity contribution >= 4 is 12.1 Å². The number of hydrogen-bond donors (Lipinski definition) is 2. The van der Waals surface area contributed by atoms with Crippen LogP contribution in [-0.2, 0) is 14.3 Å². The van der Waals surface area contributed by atoms with Crippen LogP contribution in [0.2, 0.25) is 0 Å². The SMILES string of the molecule is CCOC(=O)C1CCC(NNC(=O)OC)CC1. The molecule has 0 bridgehead atoms. The van der Waals surface area contributed by atoms with E-state index in [0.717, 1.165) is 25.7 Å². The van der Waals surface area contributed by atoms with E-state index in [2.05, 4.69) is 15.6 Å². The lowest BCUT2D eigenvalue weighted by Crippen LogP contribution is -2.46. The summed E-state index contributed by atoms with van der Waals surface area (Å²) >= 11 is 0. The van der Waals surface area contributed by atoms with E-state index in [4.69, 9.17) is 4.74 Å². The summed E-state index contributed by atoms with van der Waals surface area (Å²) in [6.07, 6.45) is 2.76. The quantitative estimate of drug-likeness (QED) is 0.569. The first kappa shape index (κ1) is 13.8. The predicted octanol–water partition coefficient (Wildman–Crippen LogP) is 0.969. The van der Waals surface area contributed by atoms with Gasteiger partial charge in [0.2, 0.25) is 0 Å². The van der Waals surface area contributed by atoms with E-state index < -0.39 is 6.09 Å². The van der Waals surface area contributed by atoms with Crippen molar-refractivity contribution in [3.63, 3.8) is 0 Å². The van der Waals surface area contributed by atoms with E-state index >= 15 is 0 Å². The summed E-state index contributed by atoms with van der Waals surface area (Å²) in [6, 6.07) is 0.194. The van der Waals surface area contributed by atoms with Gasteiger partial charge in [-0.15, -0.1) is 0 Å². The van der Waals surface area contributed by atoms with E-state index in [1.54, 1.807) is 0 Å². The fraction of sp³-hybridized carbons (Fsp3) is 0.818. The van der Waals surface area contributed by atoms with Crippen molar-refractivity contribution in [2.24, 2.45) is 5.92 Å². The maximum absolute atomic E-state index is 11.5. The lowest BCUT2D eigenvalue weighted by Gasteiger charge is -2.27. The third-order valence-corrected chi connectivity index (χ3v) is 2.91. The third-order valence-electron chi connectivity index (χ3n) is 2.91. The predicted molar refractivity (Wildman–Crippen MR) is 61.1 cm³/mol. The van der Waals surface area contributed by atoms with Crippen molar-refractivity contribution in [2.45, 2.75) is 38.6 Å². The first-order valence-electron chi connectivity index (χ1n) is 5.93. The number of carbonyl (C=O) groups excluding carboxylic acids is 2. The number of ether oxygens (including phenoxy) is 2. The van der Waals surface area contributed by atoms with Gasteiger partial charge in [-0.05, 0) is 32.6 Å². The first-order chi connectivity index (χ1) is 8.17. The molecule has 6 nitrogen and oxygen atoms in total. The van der Waals surface area contributed by atoms with E-state index in [1.807, 2.05) is 6.92 Å². The molecular weight excluding hydrogens is 224 g/mol. The summed E-state index contributed by atoms with van der Waals surface area (Å²) in [6.45, 7) is 2.24. The van der Waals surface area contributed by atoms with Gasteiger partial charge < -0.3 is 9.47 Å². The van der Waals surface area contributed by atoms with Gasteiger partial charge in [-0.1, -0.05) is 0 Å². The molecule has 1 aliphatic rings. The highest BCUT2D eigenvalue weighted by molar-refractivity contribution is 5.72. The minimum Gasteiger partial charge on any atom is -0.466 e. The van der Waals surface area contributed by atoms with Crippen molar-refractivity contribution in [2.75, 3.05) is 13.7 Å². The van der Waals surface area contributed by atoms with Gasteiger partial charge in [-0.25, -0.2) is 10.2 Å². The number of hydrazine groups is 1. The number of amides is 1. The number of esters is 1. The highest BCUT2D eigenvalue weighted by atomic mass is 16.5. The molecule has 1 saturated carbocycles. The molecule has 1 fully saturated rings. The Balaban J connectivity index is 2.21. The van der Waals surface area contributed by atoms with Crippen molar-refractivity contribution < 1.29 is 19.1 Å². The van der Waals surface area contributed by atoms with Crippen LogP contribution in [-0.4, -0.2) is 31.8 Å². The summed E-state index contributed by atoms with van der Waals surface area (Å²) in [5.41, 5.74) is 5.33. The molecule has 1 amide bonds. The first-order valence-corrected chi connectivity index (χ1v) is 5.93. The van der Waals surface area contributed by atoms with Crippen LogP contribution < -0.4 is 10.9 Å². The molecular formula is C11H20N2O4. The summed E-state index contributed by atoms with van der Waals surface area (Å²) in [4.78, 5) is 22.3. The number of rotatable bonds is 4. The molecule has 0 saturated heterocycles. The van der Waals surface area contributed by atoms with E-state index in [9.17, 15) is 9.59 Å². The maximum atomic E-state index is 11.5. The van der Waals surface area contributed by atoms with Crippen LogP contribution in [0.5, 0.6) is 0 Å². The minimum atomic E-state index is -0.502. The standard InChI is InChI=1S/C11H20N2O4/c1-3-17-10(14)8-4-6-9(7-5-8)12-13-11(15)16-2/h8-9,12H,3-7H2,1-2H3,(H,13,15). The fourth-order valence-corrected chi connectivity index (χ4v) is 1.95. The summed E-state index contributed by atoms with van der Waals surface area (Å²) < 4.78 is 9.43. The molecule has 0 spiro atoms. The number of hydrogen-bond acceptors (Lipinski definition) is 5. The second-order valence-electron chi connectivity index (χ2n) is 4.06. The zero-order valence-corrected chi connectivity index (χ0v) is 10.3. The third kappa shape index (κ3) is 4.60. The Morgan fingerprint density at radius 3 is 2.41 bits per heavy atom. The molecule has 0 radical (unpaired) electrons. The zero-order chi connectivity index (χ0) is 12.7. The molecule has 1 rings (SSSR count). The van der Waals surface area contributed by atoms with Gasteiger partial charge in [0.15, 0.2) is 0 Å². The summed E-state index contributed by atoms with van der Waals surface area (Å²) in [7, 11) is 1.31. The molecule has 0 aromatic carbocycles. The van der Waals surface area contributed by atoms with Gasteiger partial charge in [0, 0.05) is 6.04 Å². The minimum absolute atomic E-state index is 0.00567. The lowest BCUT2D eigenvalue weighted by atomic mass is 9.86. The molecule has 0 aromatic rings. The van der Waals surface area contributed by atoms with Gasteiger partial charge >= 0.3 is 12.1 Å². The van der Waals surface area contributed by atoms with Crippen LogP contribution in [0, 0.1) is 5.92 Å². The number of carbonyl (C=O) groups is 2. The molecule has 0 atom stereocenters. The molecule has 0 aliphatic heterocycles. The van der Waals surface area contributed by atoms with Crippen LogP contribution in [0.1, 0.15) is 32.6 Å². The fourth-order valence-electron chi connectivity index (χ4n) is 1.95. The van der Waals surface area contributed by atoms with Crippen LogP contribution in [0.25, 0.3) is 0 Å².